The van der Waals surface area contributed by atoms with Crippen LogP contribution < -0.4 is 0 Å². The molecule has 0 bridgehead atoms. The monoisotopic (exact) mass is 216 g/mol. The van der Waals surface area contributed by atoms with Gasteiger partial charge in [-0.05, 0) is 26.6 Å². The first-order valence-electron chi connectivity index (χ1n) is 4.60. The zero-order chi connectivity index (χ0) is 11.2. The fourth-order valence-corrected chi connectivity index (χ4v) is 1.37. The van der Waals surface area contributed by atoms with Gasteiger partial charge in [0.05, 0.1) is 7.11 Å². The molecule has 1 unspecified atom stereocenters. The molecule has 0 N–H and O–H groups in total. The van der Waals surface area contributed by atoms with E-state index in [2.05, 4.69) is 26.2 Å². The lowest BCUT2D eigenvalue weighted by Gasteiger charge is -2.20. The molecule has 0 radical (unpaired) electrons. The third-order valence-corrected chi connectivity index (χ3v) is 2.13. The van der Waals surface area contributed by atoms with Gasteiger partial charge in [-0.25, -0.2) is 0 Å². The van der Waals surface area contributed by atoms with Crippen LogP contribution in [0.4, 0.5) is 0 Å². The zero-order valence-corrected chi connectivity index (χ0v) is 10.7. The molecule has 0 aromatic carbocycles. The maximum atomic E-state index is 5.60. The predicted octanol–water partition coefficient (Wildman–Crippen LogP) is 2.87. The Morgan fingerprint density at radius 2 is 1.93 bits per heavy atom. The van der Waals surface area contributed by atoms with Gasteiger partial charge in [0, 0.05) is 0 Å². The first-order chi connectivity index (χ1) is 6.39. The number of hydrogen-bond acceptors (Lipinski definition) is 3. The van der Waals surface area contributed by atoms with Crippen LogP contribution in [0.25, 0.3) is 0 Å². The maximum Gasteiger partial charge on any atom is 0.301 e. The van der Waals surface area contributed by atoms with E-state index in [1.807, 2.05) is 6.92 Å². The third-order valence-electron chi connectivity index (χ3n) is 1.32. The quantitative estimate of drug-likeness (QED) is 0.388. The Bertz CT molecular complexity index is 206. The summed E-state index contributed by atoms with van der Waals surface area (Å²) < 4.78 is 15.9. The molecule has 3 nitrogen and oxygen atoms in total. The molecule has 0 aliphatic heterocycles. The molecule has 0 aliphatic carbocycles. The van der Waals surface area contributed by atoms with Crippen molar-refractivity contribution >= 4 is 8.32 Å². The lowest BCUT2D eigenvalue weighted by atomic mass is 10.4. The lowest BCUT2D eigenvalue weighted by Crippen LogP contribution is -2.25. The van der Waals surface area contributed by atoms with E-state index >= 15 is 0 Å². The molecule has 0 rings (SSSR count). The number of ether oxygens (including phenoxy) is 2. The molecule has 0 heterocycles. The van der Waals surface area contributed by atoms with Gasteiger partial charge in [-0.15, -0.1) is 0 Å². The van der Waals surface area contributed by atoms with Crippen molar-refractivity contribution in [2.45, 2.75) is 32.7 Å². The summed E-state index contributed by atoms with van der Waals surface area (Å²) in [7, 11) is -0.0592. The average molecular weight is 216 g/mol. The van der Waals surface area contributed by atoms with E-state index in [0.29, 0.717) is 5.95 Å². The average Bonchev–Trinajstić information content (AvgIpc) is 2.09. The van der Waals surface area contributed by atoms with Gasteiger partial charge in [0.2, 0.25) is 8.32 Å². The van der Waals surface area contributed by atoms with Crippen molar-refractivity contribution in [3.8, 4) is 0 Å². The number of methoxy groups -OCH3 is 1. The Morgan fingerprint density at radius 3 is 2.29 bits per heavy atom. The Morgan fingerprint density at radius 1 is 1.36 bits per heavy atom. The van der Waals surface area contributed by atoms with Crippen molar-refractivity contribution in [2.24, 2.45) is 0 Å². The molecule has 0 aromatic heterocycles. The van der Waals surface area contributed by atoms with Crippen LogP contribution in [0, 0.1) is 0 Å². The highest BCUT2D eigenvalue weighted by molar-refractivity contribution is 6.69. The third kappa shape index (κ3) is 6.60. The van der Waals surface area contributed by atoms with Crippen molar-refractivity contribution in [3.05, 3.63) is 24.9 Å². The Labute approximate surface area is 87.5 Å². The smallest absolute Gasteiger partial charge is 0.301 e. The van der Waals surface area contributed by atoms with E-state index < -0.39 is 8.32 Å². The second-order valence-electron chi connectivity index (χ2n) is 3.93. The fraction of sp³-hybridized carbons (Fsp3) is 0.600. The maximum absolute atomic E-state index is 5.60. The van der Waals surface area contributed by atoms with Crippen LogP contribution in [-0.4, -0.2) is 21.5 Å². The Hall–Kier alpha value is -0.903. The van der Waals surface area contributed by atoms with E-state index in [0.717, 1.165) is 0 Å². The molecule has 82 valence electrons. The van der Waals surface area contributed by atoms with Crippen LogP contribution in [0.3, 0.4) is 0 Å². The molecule has 0 spiro atoms. The second-order valence-corrected chi connectivity index (χ2v) is 8.36. The van der Waals surface area contributed by atoms with Gasteiger partial charge in [0.25, 0.3) is 0 Å². The highest BCUT2D eigenvalue weighted by atomic mass is 28.4. The van der Waals surface area contributed by atoms with Crippen molar-refractivity contribution in [1.29, 1.82) is 0 Å². The summed E-state index contributed by atoms with van der Waals surface area (Å²) in [5.74, 6) is 0.429. The molecule has 0 saturated carbocycles. The molecular weight excluding hydrogens is 196 g/mol. The van der Waals surface area contributed by atoms with Gasteiger partial charge >= 0.3 is 5.95 Å². The van der Waals surface area contributed by atoms with Crippen molar-refractivity contribution in [1.82, 2.24) is 0 Å². The minimum atomic E-state index is -1.62. The van der Waals surface area contributed by atoms with Crippen LogP contribution in [0.1, 0.15) is 6.92 Å². The molecule has 0 aliphatic rings. The standard InChI is InChI=1S/C10H20O3Si/c1-7-9(2)12-8-10(11-3)13-14(4,5)6/h7-9H,1H2,2-6H3/b10-8-. The van der Waals surface area contributed by atoms with E-state index in [1.165, 1.54) is 6.26 Å². The molecule has 4 heteroatoms. The Kier molecular flexibility index (Phi) is 5.38. The molecule has 1 atom stereocenters. The van der Waals surface area contributed by atoms with Crippen LogP contribution >= 0.6 is 0 Å². The summed E-state index contributed by atoms with van der Waals surface area (Å²) >= 11 is 0. The van der Waals surface area contributed by atoms with Crippen LogP contribution in [0.2, 0.25) is 19.6 Å². The van der Waals surface area contributed by atoms with Gasteiger partial charge in [0.15, 0.2) is 6.26 Å². The zero-order valence-electron chi connectivity index (χ0n) is 9.66. The van der Waals surface area contributed by atoms with Gasteiger partial charge in [0.1, 0.15) is 6.10 Å². The predicted molar refractivity (Wildman–Crippen MR) is 60.3 cm³/mol. The summed E-state index contributed by atoms with van der Waals surface area (Å²) in [6.07, 6.45) is 3.16. The lowest BCUT2D eigenvalue weighted by molar-refractivity contribution is 0.107. The van der Waals surface area contributed by atoms with Crippen molar-refractivity contribution < 1.29 is 13.9 Å². The van der Waals surface area contributed by atoms with Crippen molar-refractivity contribution in [2.75, 3.05) is 7.11 Å². The van der Waals surface area contributed by atoms with Gasteiger partial charge in [-0.1, -0.05) is 12.7 Å². The van der Waals surface area contributed by atoms with Crippen LogP contribution in [-0.2, 0) is 13.9 Å². The number of rotatable bonds is 6. The highest BCUT2D eigenvalue weighted by Crippen LogP contribution is 2.11. The summed E-state index contributed by atoms with van der Waals surface area (Å²) in [4.78, 5) is 0. The van der Waals surface area contributed by atoms with Gasteiger partial charge < -0.3 is 13.9 Å². The molecular formula is C10H20O3Si. The normalized spacial score (nSPS) is 14.5. The first-order valence-corrected chi connectivity index (χ1v) is 8.01. The van der Waals surface area contributed by atoms with Crippen LogP contribution in [0.15, 0.2) is 24.9 Å². The Balaban J connectivity index is 4.19. The molecule has 0 aromatic rings. The van der Waals surface area contributed by atoms with Gasteiger partial charge in [-0.3, -0.25) is 0 Å². The summed E-state index contributed by atoms with van der Waals surface area (Å²) in [6.45, 7) is 11.7. The second kappa shape index (κ2) is 5.75. The van der Waals surface area contributed by atoms with Gasteiger partial charge in [-0.2, -0.15) is 0 Å². The fourth-order valence-electron chi connectivity index (χ4n) is 0.634. The molecule has 0 saturated heterocycles. The topological polar surface area (TPSA) is 27.7 Å². The molecule has 0 amide bonds. The van der Waals surface area contributed by atoms with E-state index in [-0.39, 0.29) is 6.10 Å². The first kappa shape index (κ1) is 13.1. The van der Waals surface area contributed by atoms with E-state index in [9.17, 15) is 0 Å². The summed E-state index contributed by atoms with van der Waals surface area (Å²) in [6, 6.07) is 0. The van der Waals surface area contributed by atoms with E-state index in [1.54, 1.807) is 13.2 Å². The largest absolute Gasteiger partial charge is 0.518 e. The SMILES string of the molecule is C=CC(C)O/C=C(/OC)O[Si](C)(C)C. The van der Waals surface area contributed by atoms with Crippen molar-refractivity contribution in [3.63, 3.8) is 0 Å². The minimum Gasteiger partial charge on any atom is -0.518 e. The van der Waals surface area contributed by atoms with E-state index in [4.69, 9.17) is 13.9 Å². The summed E-state index contributed by atoms with van der Waals surface area (Å²) in [5, 5.41) is 0. The minimum absolute atomic E-state index is 0.0367. The molecule has 0 fully saturated rings. The van der Waals surface area contributed by atoms with Crippen LogP contribution in [0.5, 0.6) is 0 Å². The summed E-state index contributed by atoms with van der Waals surface area (Å²) in [5.41, 5.74) is 0. The number of hydrogen-bond donors (Lipinski definition) is 0. The molecule has 14 heavy (non-hydrogen) atoms. The highest BCUT2D eigenvalue weighted by Gasteiger charge is 2.18.